The van der Waals surface area contributed by atoms with Gasteiger partial charge in [-0.1, -0.05) is 31.7 Å². The maximum absolute atomic E-state index is 13.2. The van der Waals surface area contributed by atoms with E-state index in [-0.39, 0.29) is 29.4 Å². The normalized spacial score (nSPS) is 27.2. The molecule has 2 aliphatic carbocycles. The fraction of sp³-hybridized carbons (Fsp3) is 0.636. The van der Waals surface area contributed by atoms with Crippen molar-refractivity contribution >= 4 is 17.6 Å². The van der Waals surface area contributed by atoms with E-state index in [4.69, 9.17) is 5.21 Å². The summed E-state index contributed by atoms with van der Waals surface area (Å²) in [6.45, 7) is 1.21. The lowest BCUT2D eigenvalue weighted by molar-refractivity contribution is -0.140. The molecule has 4 rings (SSSR count). The Kier molecular flexibility index (Phi) is 5.67. The van der Waals surface area contributed by atoms with E-state index in [1.165, 1.54) is 12.8 Å². The fourth-order valence-electron chi connectivity index (χ4n) is 5.39. The molecule has 3 fully saturated rings. The van der Waals surface area contributed by atoms with E-state index >= 15 is 0 Å². The molecular weight excluding hydrogens is 370 g/mol. The highest BCUT2D eigenvalue weighted by atomic mass is 16.5. The van der Waals surface area contributed by atoms with Crippen molar-refractivity contribution in [3.63, 3.8) is 0 Å². The van der Waals surface area contributed by atoms with Crippen molar-refractivity contribution in [2.24, 2.45) is 23.2 Å². The number of hydrogen-bond donors (Lipinski definition) is 2. The minimum absolute atomic E-state index is 0.00619. The summed E-state index contributed by atoms with van der Waals surface area (Å²) in [5, 5.41) is 8.92. The molecular formula is C22H29N3O4. The van der Waals surface area contributed by atoms with Crippen LogP contribution < -0.4 is 5.48 Å². The largest absolute Gasteiger partial charge is 0.342 e. The maximum atomic E-state index is 13.2. The van der Waals surface area contributed by atoms with Gasteiger partial charge in [-0.2, -0.15) is 0 Å². The number of nitrogens with one attached hydrogen (secondary N) is 1. The van der Waals surface area contributed by atoms with E-state index in [1.54, 1.807) is 23.8 Å². The number of rotatable bonds is 7. The van der Waals surface area contributed by atoms with Gasteiger partial charge in [-0.05, 0) is 37.3 Å². The third-order valence-corrected chi connectivity index (χ3v) is 7.12. The van der Waals surface area contributed by atoms with Crippen LogP contribution in [0, 0.1) is 23.2 Å². The Hall–Kier alpha value is -2.28. The molecule has 2 amide bonds. The van der Waals surface area contributed by atoms with Gasteiger partial charge < -0.3 is 4.90 Å². The number of nitrogens with zero attached hydrogens (tertiary/aromatic N) is 2. The van der Waals surface area contributed by atoms with Gasteiger partial charge >= 0.3 is 0 Å². The van der Waals surface area contributed by atoms with E-state index in [0.717, 1.165) is 25.7 Å². The van der Waals surface area contributed by atoms with Crippen LogP contribution in [-0.4, -0.2) is 45.8 Å². The predicted octanol–water partition coefficient (Wildman–Crippen LogP) is 2.59. The molecule has 1 aromatic heterocycles. The van der Waals surface area contributed by atoms with Gasteiger partial charge in [0.25, 0.3) is 0 Å². The fourth-order valence-corrected chi connectivity index (χ4v) is 5.39. The molecule has 1 spiro atoms. The number of Topliss-reactive ketones (excluding diaryl/α,β-unsaturated/α-hetero) is 1. The number of likely N-dealkylation sites (tertiary alicyclic amines) is 1. The Balaban J connectivity index is 1.39. The molecule has 156 valence electrons. The maximum Gasteiger partial charge on any atom is 0.244 e. The number of amides is 2. The molecule has 0 radical (unpaired) electrons. The van der Waals surface area contributed by atoms with Crippen molar-refractivity contribution in [3.05, 3.63) is 30.1 Å². The molecule has 7 heteroatoms. The number of carbonyl (C=O) groups is 3. The van der Waals surface area contributed by atoms with Gasteiger partial charge in [0, 0.05) is 43.0 Å². The van der Waals surface area contributed by atoms with Gasteiger partial charge in [0.2, 0.25) is 11.8 Å². The van der Waals surface area contributed by atoms with Crippen molar-refractivity contribution in [2.45, 2.75) is 51.4 Å². The van der Waals surface area contributed by atoms with Crippen LogP contribution in [0.2, 0.25) is 0 Å². The highest BCUT2D eigenvalue weighted by molar-refractivity contribution is 5.98. The van der Waals surface area contributed by atoms with E-state index in [1.807, 2.05) is 11.0 Å². The Bertz CT molecular complexity index is 778. The molecule has 1 aliphatic heterocycles. The van der Waals surface area contributed by atoms with E-state index in [2.05, 4.69) is 4.98 Å². The summed E-state index contributed by atoms with van der Waals surface area (Å²) in [4.78, 5) is 43.8. The minimum Gasteiger partial charge on any atom is -0.342 e. The van der Waals surface area contributed by atoms with Gasteiger partial charge in [-0.15, -0.1) is 0 Å². The highest BCUT2D eigenvalue weighted by Gasteiger charge is 2.61. The zero-order chi connectivity index (χ0) is 20.4. The van der Waals surface area contributed by atoms with Crippen LogP contribution >= 0.6 is 0 Å². The summed E-state index contributed by atoms with van der Waals surface area (Å²) in [5.41, 5.74) is 2.05. The molecule has 0 aromatic carbocycles. The third-order valence-electron chi connectivity index (χ3n) is 7.12. The molecule has 3 atom stereocenters. The minimum atomic E-state index is -0.509. The van der Waals surface area contributed by atoms with Crippen molar-refractivity contribution in [1.82, 2.24) is 15.4 Å². The summed E-state index contributed by atoms with van der Waals surface area (Å²) in [6.07, 6.45) is 8.55. The summed E-state index contributed by atoms with van der Waals surface area (Å²) in [6, 6.07) is 5.36. The van der Waals surface area contributed by atoms with E-state index < -0.39 is 11.8 Å². The second-order valence-corrected chi connectivity index (χ2v) is 9.03. The molecule has 1 unspecified atom stereocenters. The standard InChI is InChI=1S/C22H29N3O4/c26-19(24-29)12-16(11-15-5-1-2-6-15)21(28)25-10-8-22(14-25)13-17(22)20(27)18-7-3-4-9-23-18/h3-4,7,9,15-17,29H,1-2,5-6,8,10-14H2,(H,24,26)/t16-,17-,22?/m1/s1. The molecule has 1 aromatic rings. The molecule has 1 saturated heterocycles. The first-order chi connectivity index (χ1) is 14.0. The number of pyridine rings is 1. The Morgan fingerprint density at radius 2 is 2.07 bits per heavy atom. The van der Waals surface area contributed by atoms with Crippen molar-refractivity contribution in [3.8, 4) is 0 Å². The predicted molar refractivity (Wildman–Crippen MR) is 105 cm³/mol. The number of carbonyl (C=O) groups excluding carboxylic acids is 3. The lowest BCUT2D eigenvalue weighted by Gasteiger charge is -2.25. The Morgan fingerprint density at radius 3 is 2.76 bits per heavy atom. The topological polar surface area (TPSA) is 99.6 Å². The molecule has 2 saturated carbocycles. The second kappa shape index (κ2) is 8.22. The van der Waals surface area contributed by atoms with Crippen LogP contribution in [0.1, 0.15) is 61.9 Å². The molecule has 2 N–H and O–H groups in total. The number of ketones is 1. The van der Waals surface area contributed by atoms with E-state index in [0.29, 0.717) is 31.1 Å². The zero-order valence-electron chi connectivity index (χ0n) is 16.7. The SMILES string of the molecule is O=C(C[C@@H](CC1CCCC1)C(=O)N1CCC2(C[C@@H]2C(=O)c2ccccn2)C1)NO. The first-order valence-electron chi connectivity index (χ1n) is 10.7. The Morgan fingerprint density at radius 1 is 1.28 bits per heavy atom. The quantitative estimate of drug-likeness (QED) is 0.417. The lowest BCUT2D eigenvalue weighted by atomic mass is 9.89. The Labute approximate surface area is 170 Å². The van der Waals surface area contributed by atoms with Crippen LogP contribution in [0.3, 0.4) is 0 Å². The van der Waals surface area contributed by atoms with Gasteiger partial charge in [0.1, 0.15) is 5.69 Å². The number of hydrogen-bond acceptors (Lipinski definition) is 5. The molecule has 3 aliphatic rings. The highest BCUT2D eigenvalue weighted by Crippen LogP contribution is 2.59. The summed E-state index contributed by atoms with van der Waals surface area (Å²) in [5.74, 6) is -0.431. The molecule has 29 heavy (non-hydrogen) atoms. The van der Waals surface area contributed by atoms with Crippen molar-refractivity contribution < 1.29 is 19.6 Å². The van der Waals surface area contributed by atoms with Gasteiger partial charge in [-0.25, -0.2) is 5.48 Å². The van der Waals surface area contributed by atoms with E-state index in [9.17, 15) is 14.4 Å². The first kappa shape index (κ1) is 20.0. The van der Waals surface area contributed by atoms with Crippen molar-refractivity contribution in [2.75, 3.05) is 13.1 Å². The van der Waals surface area contributed by atoms with Crippen LogP contribution in [0.4, 0.5) is 0 Å². The average molecular weight is 399 g/mol. The van der Waals surface area contributed by atoms with Gasteiger partial charge in [0.05, 0.1) is 0 Å². The zero-order valence-corrected chi connectivity index (χ0v) is 16.7. The smallest absolute Gasteiger partial charge is 0.244 e. The van der Waals surface area contributed by atoms with Crippen molar-refractivity contribution in [1.29, 1.82) is 0 Å². The molecule has 2 heterocycles. The number of hydroxylamine groups is 1. The summed E-state index contributed by atoms with van der Waals surface area (Å²) < 4.78 is 0. The summed E-state index contributed by atoms with van der Waals surface area (Å²) >= 11 is 0. The monoisotopic (exact) mass is 399 g/mol. The van der Waals surface area contributed by atoms with Crippen LogP contribution in [-0.2, 0) is 9.59 Å². The third kappa shape index (κ3) is 4.20. The second-order valence-electron chi connectivity index (χ2n) is 9.03. The number of aromatic nitrogens is 1. The first-order valence-corrected chi connectivity index (χ1v) is 10.7. The molecule has 7 nitrogen and oxygen atoms in total. The molecule has 0 bridgehead atoms. The van der Waals surface area contributed by atoms with Gasteiger partial charge in [0.15, 0.2) is 5.78 Å². The van der Waals surface area contributed by atoms with Crippen LogP contribution in [0.15, 0.2) is 24.4 Å². The van der Waals surface area contributed by atoms with Crippen LogP contribution in [0.5, 0.6) is 0 Å². The van der Waals surface area contributed by atoms with Gasteiger partial charge in [-0.3, -0.25) is 24.6 Å². The lowest BCUT2D eigenvalue weighted by Crippen LogP contribution is -2.38. The summed E-state index contributed by atoms with van der Waals surface area (Å²) in [7, 11) is 0. The van der Waals surface area contributed by atoms with Crippen LogP contribution in [0.25, 0.3) is 0 Å². The average Bonchev–Trinajstić information content (AvgIpc) is 3.07.